The lowest BCUT2D eigenvalue weighted by atomic mass is 9.99. The molecule has 7 aromatic rings. The second-order valence-corrected chi connectivity index (χ2v) is 10.7. The van der Waals surface area contributed by atoms with Crippen LogP contribution in [-0.2, 0) is 0 Å². The van der Waals surface area contributed by atoms with Crippen LogP contribution in [0.1, 0.15) is 17.2 Å². The molecule has 0 bridgehead atoms. The van der Waals surface area contributed by atoms with Gasteiger partial charge in [0.2, 0.25) is 0 Å². The molecule has 7 rings (SSSR count). The first kappa shape index (κ1) is 26.2. The zero-order valence-corrected chi connectivity index (χ0v) is 23.7. The molecule has 0 aliphatic heterocycles. The second-order valence-electron chi connectivity index (χ2n) is 10.7. The monoisotopic (exact) mass is 553 g/mol. The molecule has 3 nitrogen and oxygen atoms in total. The number of hydrogen-bond acceptors (Lipinski definition) is 2. The largest absolute Gasteiger partial charge is 0.398 e. The number of rotatable bonds is 7. The fourth-order valence-electron chi connectivity index (χ4n) is 5.70. The Balaban J connectivity index is 1.28. The Labute approximate surface area is 251 Å². The molecule has 0 fully saturated rings. The van der Waals surface area contributed by atoms with Gasteiger partial charge in [0.1, 0.15) is 0 Å². The standard InChI is InChI=1S/C40H31N3/c41-37(33-23-19-31(20-24-33)29-11-3-1-4-12-29)27-38(34-25-21-32(22-26-34)30-13-5-2-6-14-30)42-28-43-39-17-9-7-15-35(39)36-16-8-10-18-40(36)43/h1-28,38H,41H2/b37-27-,42-28?. The Kier molecular flexibility index (Phi) is 7.12. The highest BCUT2D eigenvalue weighted by molar-refractivity contribution is 6.11. The van der Waals surface area contributed by atoms with E-state index in [0.29, 0.717) is 5.70 Å². The van der Waals surface area contributed by atoms with Crippen LogP contribution in [0.5, 0.6) is 0 Å². The minimum absolute atomic E-state index is 0.279. The molecule has 0 saturated heterocycles. The van der Waals surface area contributed by atoms with E-state index in [9.17, 15) is 0 Å². The highest BCUT2D eigenvalue weighted by atomic mass is 15.0. The van der Waals surface area contributed by atoms with E-state index in [0.717, 1.165) is 27.7 Å². The summed E-state index contributed by atoms with van der Waals surface area (Å²) in [6.07, 6.45) is 4.00. The van der Waals surface area contributed by atoms with Gasteiger partial charge in [-0.3, -0.25) is 4.99 Å². The normalized spacial score (nSPS) is 12.7. The number of para-hydroxylation sites is 2. The maximum atomic E-state index is 6.75. The zero-order valence-electron chi connectivity index (χ0n) is 23.7. The van der Waals surface area contributed by atoms with E-state index in [-0.39, 0.29) is 6.04 Å². The van der Waals surface area contributed by atoms with Crippen LogP contribution in [0.4, 0.5) is 0 Å². The molecule has 1 unspecified atom stereocenters. The summed E-state index contributed by atoms with van der Waals surface area (Å²) in [6.45, 7) is 0. The summed E-state index contributed by atoms with van der Waals surface area (Å²) in [4.78, 5) is 5.15. The lowest BCUT2D eigenvalue weighted by Crippen LogP contribution is -2.03. The van der Waals surface area contributed by atoms with Crippen LogP contribution in [0.25, 0.3) is 49.8 Å². The lowest BCUT2D eigenvalue weighted by molar-refractivity contribution is 0.910. The minimum atomic E-state index is -0.279. The fraction of sp³-hybridized carbons (Fsp3) is 0.0250. The van der Waals surface area contributed by atoms with Gasteiger partial charge in [0.05, 0.1) is 23.4 Å². The third-order valence-electron chi connectivity index (χ3n) is 7.98. The maximum absolute atomic E-state index is 6.75. The second kappa shape index (κ2) is 11.7. The molecule has 0 radical (unpaired) electrons. The SMILES string of the molecule is N/C(=C\C(N=Cn1c2ccccc2c2ccccc21)c1ccc(-c2ccccc2)cc1)c1ccc(-c2ccccc2)cc1. The van der Waals surface area contributed by atoms with Gasteiger partial charge in [0.25, 0.3) is 0 Å². The minimum Gasteiger partial charge on any atom is -0.398 e. The van der Waals surface area contributed by atoms with Gasteiger partial charge in [-0.15, -0.1) is 0 Å². The summed E-state index contributed by atoms with van der Waals surface area (Å²) in [5.74, 6) is 0. The lowest BCUT2D eigenvalue weighted by Gasteiger charge is -2.13. The molecule has 43 heavy (non-hydrogen) atoms. The Morgan fingerprint density at radius 2 is 0.953 bits per heavy atom. The third-order valence-corrected chi connectivity index (χ3v) is 7.98. The first-order valence-electron chi connectivity index (χ1n) is 14.5. The summed E-state index contributed by atoms with van der Waals surface area (Å²) in [5.41, 5.74) is 16.4. The van der Waals surface area contributed by atoms with Crippen molar-refractivity contribution in [1.82, 2.24) is 4.57 Å². The average Bonchev–Trinajstić information content (AvgIpc) is 3.41. The van der Waals surface area contributed by atoms with Crippen molar-refractivity contribution < 1.29 is 0 Å². The van der Waals surface area contributed by atoms with E-state index < -0.39 is 0 Å². The van der Waals surface area contributed by atoms with Crippen LogP contribution >= 0.6 is 0 Å². The number of fused-ring (bicyclic) bond motifs is 3. The van der Waals surface area contributed by atoms with Crippen LogP contribution < -0.4 is 5.73 Å². The Bertz CT molecular complexity index is 2000. The van der Waals surface area contributed by atoms with Gasteiger partial charge in [-0.25, -0.2) is 0 Å². The van der Waals surface area contributed by atoms with Gasteiger partial charge < -0.3 is 10.3 Å². The first-order valence-corrected chi connectivity index (χ1v) is 14.5. The number of aliphatic imine (C=N–C) groups is 1. The van der Waals surface area contributed by atoms with Crippen molar-refractivity contribution in [1.29, 1.82) is 0 Å². The molecule has 1 atom stereocenters. The van der Waals surface area contributed by atoms with Gasteiger partial charge in [0.15, 0.2) is 0 Å². The molecule has 3 heteroatoms. The predicted octanol–water partition coefficient (Wildman–Crippen LogP) is 9.75. The van der Waals surface area contributed by atoms with Crippen molar-refractivity contribution in [2.75, 3.05) is 0 Å². The maximum Gasteiger partial charge on any atom is 0.0970 e. The molecular formula is C40H31N3. The summed E-state index contributed by atoms with van der Waals surface area (Å²) in [6, 6.07) is 54.5. The van der Waals surface area contributed by atoms with Crippen LogP contribution in [-0.4, -0.2) is 10.9 Å². The molecule has 1 aromatic heterocycles. The summed E-state index contributed by atoms with van der Waals surface area (Å²) < 4.78 is 2.18. The van der Waals surface area contributed by atoms with Crippen molar-refractivity contribution in [3.8, 4) is 22.3 Å². The van der Waals surface area contributed by atoms with Crippen molar-refractivity contribution in [3.63, 3.8) is 0 Å². The number of aromatic nitrogens is 1. The molecule has 0 spiro atoms. The molecule has 0 aliphatic rings. The van der Waals surface area contributed by atoms with Crippen molar-refractivity contribution in [3.05, 3.63) is 175 Å². The zero-order chi connectivity index (χ0) is 29.0. The topological polar surface area (TPSA) is 43.3 Å². The summed E-state index contributed by atoms with van der Waals surface area (Å²) in [5, 5.41) is 2.42. The van der Waals surface area contributed by atoms with Crippen LogP contribution in [0.2, 0.25) is 0 Å². The van der Waals surface area contributed by atoms with Crippen molar-refractivity contribution >= 4 is 33.8 Å². The van der Waals surface area contributed by atoms with Gasteiger partial charge in [-0.1, -0.05) is 146 Å². The van der Waals surface area contributed by atoms with E-state index >= 15 is 0 Å². The Hall–Kier alpha value is -5.67. The van der Waals surface area contributed by atoms with Crippen LogP contribution in [0.3, 0.4) is 0 Å². The summed E-state index contributed by atoms with van der Waals surface area (Å²) >= 11 is 0. The quantitative estimate of drug-likeness (QED) is 0.155. The fourth-order valence-corrected chi connectivity index (χ4v) is 5.70. The molecule has 206 valence electrons. The van der Waals surface area contributed by atoms with E-state index in [1.54, 1.807) is 0 Å². The number of hydrogen-bond donors (Lipinski definition) is 1. The van der Waals surface area contributed by atoms with E-state index in [2.05, 4.69) is 156 Å². The molecule has 0 aliphatic carbocycles. The van der Waals surface area contributed by atoms with Crippen molar-refractivity contribution in [2.45, 2.75) is 6.04 Å². The van der Waals surface area contributed by atoms with Gasteiger partial charge >= 0.3 is 0 Å². The van der Waals surface area contributed by atoms with Crippen molar-refractivity contribution in [2.24, 2.45) is 10.7 Å². The van der Waals surface area contributed by atoms with Gasteiger partial charge in [-0.2, -0.15) is 0 Å². The van der Waals surface area contributed by atoms with Gasteiger partial charge in [-0.05, 0) is 51.6 Å². The third kappa shape index (κ3) is 5.37. The van der Waals surface area contributed by atoms with E-state index in [4.69, 9.17) is 10.7 Å². The van der Waals surface area contributed by atoms with Gasteiger partial charge in [0, 0.05) is 16.5 Å². The number of nitrogens with zero attached hydrogens (tertiary/aromatic N) is 2. The van der Waals surface area contributed by atoms with Crippen LogP contribution in [0, 0.1) is 0 Å². The Morgan fingerprint density at radius 3 is 1.49 bits per heavy atom. The molecule has 0 amide bonds. The number of nitrogens with two attached hydrogens (primary N) is 1. The summed E-state index contributed by atoms with van der Waals surface area (Å²) in [7, 11) is 0. The molecular weight excluding hydrogens is 522 g/mol. The molecule has 2 N–H and O–H groups in total. The smallest absolute Gasteiger partial charge is 0.0970 e. The first-order chi connectivity index (χ1) is 21.2. The highest BCUT2D eigenvalue weighted by Crippen LogP contribution is 2.30. The molecule has 1 heterocycles. The molecule has 6 aromatic carbocycles. The van der Waals surface area contributed by atoms with E-state index in [1.807, 2.05) is 18.5 Å². The average molecular weight is 554 g/mol. The predicted molar refractivity (Wildman–Crippen MR) is 182 cm³/mol. The molecule has 0 saturated carbocycles. The Morgan fingerprint density at radius 1 is 0.512 bits per heavy atom. The van der Waals surface area contributed by atoms with E-state index in [1.165, 1.54) is 27.5 Å². The highest BCUT2D eigenvalue weighted by Gasteiger charge is 2.12. The van der Waals surface area contributed by atoms with Crippen LogP contribution in [0.15, 0.2) is 169 Å². The number of benzene rings is 6.